The van der Waals surface area contributed by atoms with Crippen LogP contribution in [0.2, 0.25) is 8.67 Å². The lowest BCUT2D eigenvalue weighted by Gasteiger charge is -2.22. The largest absolute Gasteiger partial charge is 0.303 e. The summed E-state index contributed by atoms with van der Waals surface area (Å²) in [5, 5.41) is 3.62. The predicted molar refractivity (Wildman–Crippen MR) is 85.4 cm³/mol. The van der Waals surface area contributed by atoms with E-state index in [9.17, 15) is 0 Å². The van der Waals surface area contributed by atoms with Crippen molar-refractivity contribution in [1.29, 1.82) is 0 Å². The van der Waals surface area contributed by atoms with Crippen LogP contribution in [0.4, 0.5) is 0 Å². The van der Waals surface area contributed by atoms with Gasteiger partial charge < -0.3 is 5.32 Å². The van der Waals surface area contributed by atoms with E-state index in [1.807, 2.05) is 12.1 Å². The van der Waals surface area contributed by atoms with Crippen molar-refractivity contribution >= 4 is 34.5 Å². The molecule has 1 nitrogen and oxygen atoms in total. The quantitative estimate of drug-likeness (QED) is 0.729. The molecule has 2 rings (SSSR count). The first-order valence-electron chi connectivity index (χ1n) is 6.37. The number of hydrogen-bond donors (Lipinski definition) is 1. The maximum atomic E-state index is 6.21. The Bertz CT molecular complexity index is 524. The molecule has 0 saturated carbocycles. The smallest absolute Gasteiger partial charge is 0.0991 e. The molecule has 0 saturated heterocycles. The second kappa shape index (κ2) is 6.76. The lowest BCUT2D eigenvalue weighted by Crippen LogP contribution is -2.24. The van der Waals surface area contributed by atoms with E-state index in [2.05, 4.69) is 43.4 Å². The van der Waals surface area contributed by atoms with Crippen molar-refractivity contribution in [2.24, 2.45) is 0 Å². The highest BCUT2D eigenvalue weighted by Gasteiger charge is 2.17. The summed E-state index contributed by atoms with van der Waals surface area (Å²) in [5.74, 6) is 0. The molecule has 0 bridgehead atoms. The molecular formula is C15H17Cl2NS. The third kappa shape index (κ3) is 3.73. The summed E-state index contributed by atoms with van der Waals surface area (Å²) in [6, 6.07) is 12.9. The van der Waals surface area contributed by atoms with E-state index in [0.717, 1.165) is 20.7 Å². The summed E-state index contributed by atoms with van der Waals surface area (Å²) in [6.45, 7) is 4.30. The zero-order chi connectivity index (χ0) is 13.8. The first-order valence-corrected chi connectivity index (χ1v) is 7.94. The predicted octanol–water partition coefficient (Wildman–Crippen LogP) is 5.86. The lowest BCUT2D eigenvalue weighted by atomic mass is 10.0. The number of hydrogen-bond acceptors (Lipinski definition) is 2. The van der Waals surface area contributed by atoms with E-state index in [1.54, 1.807) is 0 Å². The second-order valence-electron chi connectivity index (χ2n) is 4.54. The van der Waals surface area contributed by atoms with Crippen LogP contribution in [0.25, 0.3) is 0 Å². The van der Waals surface area contributed by atoms with Crippen LogP contribution in [0, 0.1) is 0 Å². The normalized spacial score (nSPS) is 14.3. The van der Waals surface area contributed by atoms with Gasteiger partial charge in [0.2, 0.25) is 0 Å². The summed E-state index contributed by atoms with van der Waals surface area (Å²) >= 11 is 13.6. The minimum Gasteiger partial charge on any atom is -0.303 e. The van der Waals surface area contributed by atoms with Crippen LogP contribution in [0.3, 0.4) is 0 Å². The van der Waals surface area contributed by atoms with E-state index in [1.165, 1.54) is 16.9 Å². The molecule has 19 heavy (non-hydrogen) atoms. The van der Waals surface area contributed by atoms with E-state index < -0.39 is 0 Å². The van der Waals surface area contributed by atoms with E-state index in [-0.39, 0.29) is 6.04 Å². The fourth-order valence-electron chi connectivity index (χ4n) is 2.17. The van der Waals surface area contributed by atoms with Gasteiger partial charge in [0.1, 0.15) is 0 Å². The molecule has 4 heteroatoms. The van der Waals surface area contributed by atoms with Gasteiger partial charge in [0.05, 0.1) is 8.67 Å². The van der Waals surface area contributed by atoms with Gasteiger partial charge in [-0.05, 0) is 30.5 Å². The first kappa shape index (κ1) is 14.9. The van der Waals surface area contributed by atoms with Crippen molar-refractivity contribution in [3.05, 3.63) is 56.2 Å². The molecule has 0 spiro atoms. The number of nitrogens with one attached hydrogen (secondary N) is 1. The molecule has 1 aromatic heterocycles. The topological polar surface area (TPSA) is 12.0 Å². The average molecular weight is 314 g/mol. The molecule has 0 radical (unpaired) electrons. The molecule has 0 amide bonds. The van der Waals surface area contributed by atoms with Crippen molar-refractivity contribution in [2.45, 2.75) is 32.4 Å². The first-order chi connectivity index (χ1) is 9.11. The third-order valence-electron chi connectivity index (χ3n) is 3.21. The van der Waals surface area contributed by atoms with Gasteiger partial charge in [-0.1, -0.05) is 60.5 Å². The highest BCUT2D eigenvalue weighted by molar-refractivity contribution is 7.20. The van der Waals surface area contributed by atoms with Crippen LogP contribution in [-0.2, 0) is 0 Å². The highest BCUT2D eigenvalue weighted by atomic mass is 35.5. The van der Waals surface area contributed by atoms with Gasteiger partial charge >= 0.3 is 0 Å². The number of halogens is 2. The molecule has 102 valence electrons. The maximum absolute atomic E-state index is 6.21. The van der Waals surface area contributed by atoms with Crippen molar-refractivity contribution in [3.8, 4) is 0 Å². The summed E-state index contributed by atoms with van der Waals surface area (Å²) < 4.78 is 1.51. The molecule has 0 aliphatic rings. The van der Waals surface area contributed by atoms with Crippen LogP contribution < -0.4 is 5.32 Å². The zero-order valence-corrected chi connectivity index (χ0v) is 13.3. The zero-order valence-electron chi connectivity index (χ0n) is 11.0. The molecular weight excluding hydrogens is 297 g/mol. The molecule has 1 aromatic carbocycles. The van der Waals surface area contributed by atoms with E-state index >= 15 is 0 Å². The molecule has 1 N–H and O–H groups in total. The Hall–Kier alpha value is -0.540. The lowest BCUT2D eigenvalue weighted by molar-refractivity contribution is 0.457. The standard InChI is InChI=1S/C15H17Cl2NS/c1-3-13(11-7-5-4-6-8-11)18-10(2)12-9-14(16)19-15(12)17/h4-10,13,18H,3H2,1-2H3. The van der Waals surface area contributed by atoms with E-state index in [4.69, 9.17) is 23.2 Å². The Labute approximate surface area is 128 Å². The second-order valence-corrected chi connectivity index (χ2v) is 6.83. The van der Waals surface area contributed by atoms with Gasteiger partial charge in [-0.25, -0.2) is 0 Å². The summed E-state index contributed by atoms with van der Waals surface area (Å²) in [6.07, 6.45) is 1.03. The van der Waals surface area contributed by atoms with Crippen LogP contribution in [0.15, 0.2) is 36.4 Å². The fraction of sp³-hybridized carbons (Fsp3) is 0.333. The monoisotopic (exact) mass is 313 g/mol. The minimum atomic E-state index is 0.182. The van der Waals surface area contributed by atoms with Gasteiger partial charge in [0.15, 0.2) is 0 Å². The summed E-state index contributed by atoms with van der Waals surface area (Å²) in [4.78, 5) is 0. The number of thiophene rings is 1. The van der Waals surface area contributed by atoms with Crippen LogP contribution in [0.5, 0.6) is 0 Å². The molecule has 1 heterocycles. The SMILES string of the molecule is CCC(NC(C)c1cc(Cl)sc1Cl)c1ccccc1. The number of rotatable bonds is 5. The van der Waals surface area contributed by atoms with Crippen molar-refractivity contribution in [2.75, 3.05) is 0 Å². The summed E-state index contributed by atoms with van der Waals surface area (Å²) in [5.41, 5.74) is 2.38. The molecule has 2 aromatic rings. The Kier molecular flexibility index (Phi) is 5.28. The van der Waals surface area contributed by atoms with Crippen LogP contribution in [-0.4, -0.2) is 0 Å². The van der Waals surface area contributed by atoms with E-state index in [0.29, 0.717) is 6.04 Å². The molecule has 0 aliphatic carbocycles. The highest BCUT2D eigenvalue weighted by Crippen LogP contribution is 2.35. The Morgan fingerprint density at radius 3 is 2.42 bits per heavy atom. The third-order valence-corrected chi connectivity index (χ3v) is 4.73. The minimum absolute atomic E-state index is 0.182. The number of benzene rings is 1. The van der Waals surface area contributed by atoms with Gasteiger partial charge in [0, 0.05) is 12.1 Å². The van der Waals surface area contributed by atoms with Crippen molar-refractivity contribution in [1.82, 2.24) is 5.32 Å². The van der Waals surface area contributed by atoms with Gasteiger partial charge in [0.25, 0.3) is 0 Å². The van der Waals surface area contributed by atoms with Gasteiger partial charge in [-0.3, -0.25) is 0 Å². The molecule has 2 unspecified atom stereocenters. The molecule has 0 aliphatic heterocycles. The Morgan fingerprint density at radius 1 is 1.21 bits per heavy atom. The van der Waals surface area contributed by atoms with Crippen molar-refractivity contribution in [3.63, 3.8) is 0 Å². The van der Waals surface area contributed by atoms with Crippen molar-refractivity contribution < 1.29 is 0 Å². The van der Waals surface area contributed by atoms with Crippen LogP contribution in [0.1, 0.15) is 43.5 Å². The van der Waals surface area contributed by atoms with Gasteiger partial charge in [-0.2, -0.15) is 0 Å². The average Bonchev–Trinajstić information content (AvgIpc) is 2.76. The molecule has 0 fully saturated rings. The van der Waals surface area contributed by atoms with Gasteiger partial charge in [-0.15, -0.1) is 11.3 Å². The molecule has 2 atom stereocenters. The Balaban J connectivity index is 2.13. The fourth-order valence-corrected chi connectivity index (χ4v) is 3.82. The Morgan fingerprint density at radius 2 is 1.89 bits per heavy atom. The summed E-state index contributed by atoms with van der Waals surface area (Å²) in [7, 11) is 0. The maximum Gasteiger partial charge on any atom is 0.0991 e. The van der Waals surface area contributed by atoms with Crippen LogP contribution >= 0.6 is 34.5 Å².